The number of nitrogens with zero attached hydrogens (tertiary/aromatic N) is 1. The van der Waals surface area contributed by atoms with Crippen LogP contribution < -0.4 is 0 Å². The molecular formula is C25H18IrN-. The molecule has 0 unspecified atom stereocenters. The number of pyridine rings is 1. The minimum atomic E-state index is 0. The number of benzene rings is 3. The second-order valence-electron chi connectivity index (χ2n) is 6.98. The van der Waals surface area contributed by atoms with Gasteiger partial charge >= 0.3 is 0 Å². The Kier molecular flexibility index (Phi) is 4.55. The molecule has 0 saturated carbocycles. The molecule has 0 aliphatic heterocycles. The van der Waals surface area contributed by atoms with E-state index in [1.165, 1.54) is 38.8 Å². The summed E-state index contributed by atoms with van der Waals surface area (Å²) in [5, 5.41) is 1.27. The van der Waals surface area contributed by atoms with E-state index in [1.807, 2.05) is 6.07 Å². The van der Waals surface area contributed by atoms with Crippen LogP contribution >= 0.6 is 0 Å². The van der Waals surface area contributed by atoms with Crippen LogP contribution in [0.15, 0.2) is 60.7 Å². The van der Waals surface area contributed by atoms with Crippen LogP contribution in [0.3, 0.4) is 0 Å². The molecule has 2 heteroatoms. The minimum Gasteiger partial charge on any atom is -0.296 e. The van der Waals surface area contributed by atoms with Crippen molar-refractivity contribution in [3.8, 4) is 22.4 Å². The summed E-state index contributed by atoms with van der Waals surface area (Å²) < 4.78 is 0. The average Bonchev–Trinajstić information content (AvgIpc) is 3.11. The SMILES string of the molecule is Cc1ccc(-c2cc[c-]c(-c3cc4c5c(c(C)ccc5n3)C=C4)c2)cc1.[Ir]. The minimum absolute atomic E-state index is 0. The normalized spacial score (nSPS) is 11.6. The van der Waals surface area contributed by atoms with Gasteiger partial charge in [0.1, 0.15) is 0 Å². The van der Waals surface area contributed by atoms with Crippen molar-refractivity contribution in [2.45, 2.75) is 13.8 Å². The molecule has 4 aromatic rings. The van der Waals surface area contributed by atoms with E-state index < -0.39 is 0 Å². The molecule has 3 aromatic carbocycles. The molecule has 0 spiro atoms. The predicted molar refractivity (Wildman–Crippen MR) is 110 cm³/mol. The van der Waals surface area contributed by atoms with Gasteiger partial charge in [0, 0.05) is 25.5 Å². The van der Waals surface area contributed by atoms with Gasteiger partial charge in [-0.1, -0.05) is 54.1 Å². The van der Waals surface area contributed by atoms with Gasteiger partial charge in [-0.3, -0.25) is 4.98 Å². The summed E-state index contributed by atoms with van der Waals surface area (Å²) in [5.74, 6) is 0. The molecular weight excluding hydrogens is 506 g/mol. The van der Waals surface area contributed by atoms with Crippen LogP contribution in [0, 0.1) is 19.9 Å². The maximum absolute atomic E-state index is 4.93. The van der Waals surface area contributed by atoms with E-state index in [0.717, 1.165) is 16.8 Å². The van der Waals surface area contributed by atoms with Gasteiger partial charge < -0.3 is 0 Å². The van der Waals surface area contributed by atoms with Crippen molar-refractivity contribution in [3.63, 3.8) is 0 Å². The van der Waals surface area contributed by atoms with E-state index in [4.69, 9.17) is 4.98 Å². The van der Waals surface area contributed by atoms with Gasteiger partial charge in [-0.15, -0.1) is 35.4 Å². The molecule has 0 atom stereocenters. The fourth-order valence-corrected chi connectivity index (χ4v) is 3.69. The molecule has 1 aliphatic carbocycles. The second kappa shape index (κ2) is 6.88. The van der Waals surface area contributed by atoms with Crippen molar-refractivity contribution in [2.75, 3.05) is 0 Å². The van der Waals surface area contributed by atoms with Crippen molar-refractivity contribution < 1.29 is 20.1 Å². The van der Waals surface area contributed by atoms with Crippen LogP contribution in [-0.2, 0) is 20.1 Å². The third kappa shape index (κ3) is 3.06. The molecule has 1 aliphatic rings. The van der Waals surface area contributed by atoms with E-state index >= 15 is 0 Å². The van der Waals surface area contributed by atoms with Crippen LogP contribution in [0.4, 0.5) is 0 Å². The van der Waals surface area contributed by atoms with Crippen LogP contribution in [0.5, 0.6) is 0 Å². The van der Waals surface area contributed by atoms with Gasteiger partial charge in [-0.05, 0) is 47.9 Å². The van der Waals surface area contributed by atoms with Crippen molar-refractivity contribution >= 4 is 23.1 Å². The van der Waals surface area contributed by atoms with Crippen molar-refractivity contribution in [2.24, 2.45) is 0 Å². The Morgan fingerprint density at radius 2 is 1.63 bits per heavy atom. The molecule has 27 heavy (non-hydrogen) atoms. The van der Waals surface area contributed by atoms with Crippen molar-refractivity contribution in [1.82, 2.24) is 4.98 Å². The van der Waals surface area contributed by atoms with Crippen LogP contribution in [-0.4, -0.2) is 4.98 Å². The number of aromatic nitrogens is 1. The molecule has 0 bridgehead atoms. The third-order valence-electron chi connectivity index (χ3n) is 5.16. The Morgan fingerprint density at radius 3 is 2.44 bits per heavy atom. The topological polar surface area (TPSA) is 12.9 Å². The number of rotatable bonds is 2. The summed E-state index contributed by atoms with van der Waals surface area (Å²) >= 11 is 0. The Morgan fingerprint density at radius 1 is 0.815 bits per heavy atom. The first kappa shape index (κ1) is 17.9. The first-order valence-corrected chi connectivity index (χ1v) is 8.91. The van der Waals surface area contributed by atoms with Gasteiger partial charge in [-0.2, -0.15) is 0 Å². The summed E-state index contributed by atoms with van der Waals surface area (Å²) in [5.41, 5.74) is 10.6. The number of hydrogen-bond donors (Lipinski definition) is 0. The van der Waals surface area contributed by atoms with Crippen LogP contribution in [0.25, 0.3) is 45.4 Å². The summed E-state index contributed by atoms with van der Waals surface area (Å²) in [6.45, 7) is 4.26. The fourth-order valence-electron chi connectivity index (χ4n) is 3.69. The number of hydrogen-bond acceptors (Lipinski definition) is 1. The van der Waals surface area contributed by atoms with Crippen molar-refractivity contribution in [1.29, 1.82) is 0 Å². The van der Waals surface area contributed by atoms with E-state index in [-0.39, 0.29) is 20.1 Å². The molecule has 1 aromatic heterocycles. The summed E-state index contributed by atoms with van der Waals surface area (Å²) in [7, 11) is 0. The zero-order valence-electron chi connectivity index (χ0n) is 15.2. The second-order valence-corrected chi connectivity index (χ2v) is 6.98. The molecule has 133 valence electrons. The molecule has 1 heterocycles. The number of aryl methyl sites for hydroxylation is 2. The monoisotopic (exact) mass is 525 g/mol. The molecule has 0 fully saturated rings. The fraction of sp³-hybridized carbons (Fsp3) is 0.0800. The first-order valence-electron chi connectivity index (χ1n) is 8.91. The third-order valence-corrected chi connectivity index (χ3v) is 5.16. The van der Waals surface area contributed by atoms with Crippen LogP contribution in [0.1, 0.15) is 22.3 Å². The Labute approximate surface area is 173 Å². The molecule has 0 saturated heterocycles. The molecule has 0 amide bonds. The Balaban J connectivity index is 0.00000180. The van der Waals surface area contributed by atoms with E-state index in [9.17, 15) is 0 Å². The van der Waals surface area contributed by atoms with Crippen molar-refractivity contribution in [3.05, 3.63) is 89.0 Å². The Hall–Kier alpha value is -2.54. The zero-order valence-corrected chi connectivity index (χ0v) is 17.6. The summed E-state index contributed by atoms with van der Waals surface area (Å²) in [6.07, 6.45) is 4.39. The van der Waals surface area contributed by atoms with E-state index in [1.54, 1.807) is 0 Å². The summed E-state index contributed by atoms with van der Waals surface area (Å²) in [4.78, 5) is 4.93. The molecule has 1 nitrogen and oxygen atoms in total. The standard InChI is InChI=1S/C25H18N.Ir/c1-16-6-9-18(10-7-16)19-4-3-5-20(14-19)24-15-21-11-12-22-17(2)8-13-23(26-24)25(21)22;/h3-4,6-15H,1-2H3;/q-1;. The smallest absolute Gasteiger partial charge is 0.0607 e. The van der Waals surface area contributed by atoms with Gasteiger partial charge in [0.25, 0.3) is 0 Å². The van der Waals surface area contributed by atoms with Gasteiger partial charge in [0.2, 0.25) is 0 Å². The largest absolute Gasteiger partial charge is 0.296 e. The Bertz CT molecular complexity index is 1190. The molecule has 0 N–H and O–H groups in total. The maximum Gasteiger partial charge on any atom is 0.0607 e. The maximum atomic E-state index is 4.93. The zero-order chi connectivity index (χ0) is 17.7. The van der Waals surface area contributed by atoms with Gasteiger partial charge in [0.15, 0.2) is 0 Å². The van der Waals surface area contributed by atoms with Crippen LogP contribution in [0.2, 0.25) is 0 Å². The van der Waals surface area contributed by atoms with E-state index in [2.05, 4.69) is 86.7 Å². The quantitative estimate of drug-likeness (QED) is 0.241. The summed E-state index contributed by atoms with van der Waals surface area (Å²) in [6, 6.07) is 24.7. The van der Waals surface area contributed by atoms with E-state index in [0.29, 0.717) is 0 Å². The average molecular weight is 525 g/mol. The van der Waals surface area contributed by atoms with Gasteiger partial charge in [0.05, 0.1) is 5.52 Å². The molecule has 1 radical (unpaired) electrons. The first-order chi connectivity index (χ1) is 12.7. The van der Waals surface area contributed by atoms with Gasteiger partial charge in [-0.25, -0.2) is 0 Å². The predicted octanol–water partition coefficient (Wildman–Crippen LogP) is 6.47. The molecule has 5 rings (SSSR count).